The summed E-state index contributed by atoms with van der Waals surface area (Å²) < 4.78 is 0. The van der Waals surface area contributed by atoms with Gasteiger partial charge in [0.1, 0.15) is 0 Å². The minimum absolute atomic E-state index is 0.0965. The molecule has 0 fully saturated rings. The van der Waals surface area contributed by atoms with Crippen LogP contribution in [-0.2, 0) is 6.42 Å². The number of hydrogen-bond donors (Lipinski definition) is 2. The van der Waals surface area contributed by atoms with Crippen molar-refractivity contribution in [3.05, 3.63) is 81.6 Å². The molecule has 0 bridgehead atoms. The van der Waals surface area contributed by atoms with E-state index in [9.17, 15) is 9.59 Å². The molecule has 0 aliphatic rings. The van der Waals surface area contributed by atoms with Crippen LogP contribution in [0.2, 0.25) is 0 Å². The van der Waals surface area contributed by atoms with E-state index in [-0.39, 0.29) is 11.5 Å². The molecular formula is C19H18N2O2. The van der Waals surface area contributed by atoms with E-state index in [2.05, 4.69) is 10.3 Å². The van der Waals surface area contributed by atoms with Crippen LogP contribution in [0.15, 0.2) is 59.4 Å². The number of aryl methyl sites for hydroxylation is 1. The van der Waals surface area contributed by atoms with E-state index < -0.39 is 0 Å². The zero-order valence-corrected chi connectivity index (χ0v) is 12.9. The smallest absolute Gasteiger partial charge is 0.251 e. The van der Waals surface area contributed by atoms with Gasteiger partial charge in [-0.05, 0) is 42.5 Å². The van der Waals surface area contributed by atoms with E-state index in [1.165, 1.54) is 0 Å². The molecule has 0 unspecified atom stereocenters. The van der Waals surface area contributed by atoms with Crippen molar-refractivity contribution >= 4 is 16.8 Å². The molecule has 4 heteroatoms. The van der Waals surface area contributed by atoms with Crippen LogP contribution in [0.5, 0.6) is 0 Å². The van der Waals surface area contributed by atoms with Gasteiger partial charge in [0, 0.05) is 17.7 Å². The van der Waals surface area contributed by atoms with Crippen molar-refractivity contribution in [2.75, 3.05) is 6.54 Å². The number of H-pyrrole nitrogens is 1. The van der Waals surface area contributed by atoms with Gasteiger partial charge in [0.25, 0.3) is 11.5 Å². The summed E-state index contributed by atoms with van der Waals surface area (Å²) in [5, 5.41) is 3.85. The number of rotatable bonds is 4. The lowest BCUT2D eigenvalue weighted by Gasteiger charge is -2.07. The summed E-state index contributed by atoms with van der Waals surface area (Å²) in [6.07, 6.45) is 0.498. The molecule has 23 heavy (non-hydrogen) atoms. The van der Waals surface area contributed by atoms with E-state index in [1.807, 2.05) is 49.4 Å². The predicted molar refractivity (Wildman–Crippen MR) is 91.8 cm³/mol. The fraction of sp³-hybridized carbons (Fsp3) is 0.158. The number of carbonyl (C=O) groups excluding carboxylic acids is 1. The third-order valence-corrected chi connectivity index (χ3v) is 3.88. The van der Waals surface area contributed by atoms with E-state index >= 15 is 0 Å². The Morgan fingerprint density at radius 2 is 1.87 bits per heavy atom. The van der Waals surface area contributed by atoms with Gasteiger partial charge in [-0.3, -0.25) is 9.59 Å². The highest BCUT2D eigenvalue weighted by atomic mass is 16.1. The molecule has 1 heterocycles. The second-order valence-corrected chi connectivity index (χ2v) is 5.53. The zero-order valence-electron chi connectivity index (χ0n) is 12.9. The number of hydrogen-bond acceptors (Lipinski definition) is 2. The van der Waals surface area contributed by atoms with Gasteiger partial charge in [-0.2, -0.15) is 0 Å². The molecule has 0 aliphatic carbocycles. The molecule has 0 saturated heterocycles. The molecule has 2 N–H and O–H groups in total. The van der Waals surface area contributed by atoms with Crippen molar-refractivity contribution in [3.8, 4) is 0 Å². The highest BCUT2D eigenvalue weighted by Crippen LogP contribution is 2.15. The van der Waals surface area contributed by atoms with Crippen LogP contribution in [0.1, 0.15) is 21.5 Å². The van der Waals surface area contributed by atoms with Crippen molar-refractivity contribution in [2.45, 2.75) is 13.3 Å². The monoisotopic (exact) mass is 306 g/mol. The first-order chi connectivity index (χ1) is 11.1. The van der Waals surface area contributed by atoms with Crippen molar-refractivity contribution in [2.24, 2.45) is 0 Å². The lowest BCUT2D eigenvalue weighted by Crippen LogP contribution is -2.27. The summed E-state index contributed by atoms with van der Waals surface area (Å²) in [6, 6.07) is 16.9. The van der Waals surface area contributed by atoms with Crippen LogP contribution in [0.4, 0.5) is 0 Å². The van der Waals surface area contributed by atoms with Gasteiger partial charge in [0.15, 0.2) is 0 Å². The van der Waals surface area contributed by atoms with Crippen LogP contribution < -0.4 is 10.9 Å². The molecule has 0 aliphatic heterocycles. The Hall–Kier alpha value is -2.88. The van der Waals surface area contributed by atoms with Gasteiger partial charge in [-0.15, -0.1) is 0 Å². The summed E-state index contributed by atoms with van der Waals surface area (Å²) in [6.45, 7) is 2.39. The molecular weight excluding hydrogens is 288 g/mol. The number of fused-ring (bicyclic) bond motifs is 1. The number of amides is 1. The molecule has 1 aromatic heterocycles. The third kappa shape index (κ3) is 3.31. The normalized spacial score (nSPS) is 10.7. The Labute approximate surface area is 134 Å². The number of carbonyl (C=O) groups is 1. The fourth-order valence-corrected chi connectivity index (χ4v) is 2.62. The number of para-hydroxylation sites is 1. The van der Waals surface area contributed by atoms with Crippen molar-refractivity contribution in [1.29, 1.82) is 0 Å². The van der Waals surface area contributed by atoms with Gasteiger partial charge < -0.3 is 10.3 Å². The second kappa shape index (κ2) is 6.48. The second-order valence-electron chi connectivity index (χ2n) is 5.53. The SMILES string of the molecule is Cc1cccc2cc(CCNC(=O)c3ccccc3)c(=O)[nH]c12. The standard InChI is InChI=1S/C19H18N2O2/c1-13-6-5-9-15-12-16(19(23)21-17(13)15)10-11-20-18(22)14-7-3-2-4-8-14/h2-9,12H,10-11H2,1H3,(H,20,22)(H,21,23). The average molecular weight is 306 g/mol. The highest BCUT2D eigenvalue weighted by Gasteiger charge is 2.07. The summed E-state index contributed by atoms with van der Waals surface area (Å²) in [5.41, 5.74) is 3.12. The quantitative estimate of drug-likeness (QED) is 0.778. The Balaban J connectivity index is 1.71. The van der Waals surface area contributed by atoms with Crippen molar-refractivity contribution < 1.29 is 4.79 Å². The zero-order chi connectivity index (χ0) is 16.2. The Kier molecular flexibility index (Phi) is 4.24. The van der Waals surface area contributed by atoms with Gasteiger partial charge in [0.05, 0.1) is 5.52 Å². The molecule has 0 atom stereocenters. The fourth-order valence-electron chi connectivity index (χ4n) is 2.62. The third-order valence-electron chi connectivity index (χ3n) is 3.88. The van der Waals surface area contributed by atoms with E-state index in [0.29, 0.717) is 24.1 Å². The Morgan fingerprint density at radius 1 is 1.09 bits per heavy atom. The molecule has 2 aromatic carbocycles. The molecule has 116 valence electrons. The van der Waals surface area contributed by atoms with E-state index in [1.54, 1.807) is 12.1 Å². The number of nitrogens with one attached hydrogen (secondary N) is 2. The largest absolute Gasteiger partial charge is 0.352 e. The van der Waals surface area contributed by atoms with Crippen LogP contribution in [0.25, 0.3) is 10.9 Å². The van der Waals surface area contributed by atoms with Crippen LogP contribution in [-0.4, -0.2) is 17.4 Å². The highest BCUT2D eigenvalue weighted by molar-refractivity contribution is 5.94. The molecule has 3 rings (SSSR count). The molecule has 1 amide bonds. The Bertz CT molecular complexity index is 898. The predicted octanol–water partition coefficient (Wildman–Crippen LogP) is 2.81. The van der Waals surface area contributed by atoms with E-state index in [4.69, 9.17) is 0 Å². The lowest BCUT2D eigenvalue weighted by atomic mass is 10.1. The first-order valence-corrected chi connectivity index (χ1v) is 7.60. The number of benzene rings is 2. The molecule has 4 nitrogen and oxygen atoms in total. The van der Waals surface area contributed by atoms with Crippen molar-refractivity contribution in [3.63, 3.8) is 0 Å². The number of pyridine rings is 1. The van der Waals surface area contributed by atoms with Gasteiger partial charge in [0.2, 0.25) is 0 Å². The maximum absolute atomic E-state index is 12.2. The average Bonchev–Trinajstić information content (AvgIpc) is 2.57. The van der Waals surface area contributed by atoms with Crippen LogP contribution in [0.3, 0.4) is 0 Å². The maximum Gasteiger partial charge on any atom is 0.251 e. The molecule has 0 saturated carbocycles. The number of aromatic nitrogens is 1. The lowest BCUT2D eigenvalue weighted by molar-refractivity contribution is 0.0954. The summed E-state index contributed by atoms with van der Waals surface area (Å²) >= 11 is 0. The summed E-state index contributed by atoms with van der Waals surface area (Å²) in [7, 11) is 0. The van der Waals surface area contributed by atoms with Gasteiger partial charge >= 0.3 is 0 Å². The minimum atomic E-state index is -0.126. The summed E-state index contributed by atoms with van der Waals surface area (Å²) in [4.78, 5) is 27.1. The van der Waals surface area contributed by atoms with Crippen LogP contribution in [0, 0.1) is 6.92 Å². The molecule has 3 aromatic rings. The Morgan fingerprint density at radius 3 is 2.65 bits per heavy atom. The first kappa shape index (κ1) is 15.0. The van der Waals surface area contributed by atoms with Gasteiger partial charge in [-0.25, -0.2) is 0 Å². The van der Waals surface area contributed by atoms with Crippen LogP contribution >= 0.6 is 0 Å². The number of aromatic amines is 1. The maximum atomic E-state index is 12.2. The van der Waals surface area contributed by atoms with Gasteiger partial charge in [-0.1, -0.05) is 36.4 Å². The minimum Gasteiger partial charge on any atom is -0.352 e. The van der Waals surface area contributed by atoms with Crippen molar-refractivity contribution in [1.82, 2.24) is 10.3 Å². The molecule has 0 radical (unpaired) electrons. The van der Waals surface area contributed by atoms with E-state index in [0.717, 1.165) is 16.5 Å². The summed E-state index contributed by atoms with van der Waals surface area (Å²) in [5.74, 6) is -0.126. The topological polar surface area (TPSA) is 62.0 Å². The molecule has 0 spiro atoms. The first-order valence-electron chi connectivity index (χ1n) is 7.60.